The van der Waals surface area contributed by atoms with Crippen LogP contribution in [0.15, 0.2) is 42.6 Å². The third kappa shape index (κ3) is 4.20. The fourth-order valence-corrected chi connectivity index (χ4v) is 3.14. The van der Waals surface area contributed by atoms with Crippen molar-refractivity contribution in [2.75, 3.05) is 25.5 Å². The van der Waals surface area contributed by atoms with Gasteiger partial charge < -0.3 is 15.0 Å². The molecule has 0 aliphatic carbocycles. The van der Waals surface area contributed by atoms with Gasteiger partial charge in [0.25, 0.3) is 5.91 Å². The molecule has 6 heteroatoms. The SMILES string of the molecule is COC(=O)c1cccc(Nc2ccc(C(=O)N3CCCC(C)C3)cn2)c1. The van der Waals surface area contributed by atoms with Crippen molar-refractivity contribution in [3.8, 4) is 0 Å². The van der Waals surface area contributed by atoms with Gasteiger partial charge in [0.15, 0.2) is 0 Å². The molecule has 0 saturated carbocycles. The molecule has 1 atom stereocenters. The topological polar surface area (TPSA) is 71.5 Å². The van der Waals surface area contributed by atoms with Crippen molar-refractivity contribution in [3.63, 3.8) is 0 Å². The van der Waals surface area contributed by atoms with Gasteiger partial charge >= 0.3 is 5.97 Å². The van der Waals surface area contributed by atoms with Gasteiger partial charge in [-0.1, -0.05) is 13.0 Å². The van der Waals surface area contributed by atoms with Crippen molar-refractivity contribution in [2.24, 2.45) is 5.92 Å². The van der Waals surface area contributed by atoms with Crippen LogP contribution in [0.4, 0.5) is 11.5 Å². The van der Waals surface area contributed by atoms with E-state index in [-0.39, 0.29) is 5.91 Å². The van der Waals surface area contributed by atoms with E-state index in [0.29, 0.717) is 22.9 Å². The number of esters is 1. The number of piperidine rings is 1. The summed E-state index contributed by atoms with van der Waals surface area (Å²) in [7, 11) is 1.35. The minimum absolute atomic E-state index is 0.0308. The average molecular weight is 353 g/mol. The van der Waals surface area contributed by atoms with E-state index in [1.807, 2.05) is 11.0 Å². The van der Waals surface area contributed by atoms with E-state index < -0.39 is 5.97 Å². The lowest BCUT2D eigenvalue weighted by molar-refractivity contribution is 0.0600. The van der Waals surface area contributed by atoms with Crippen molar-refractivity contribution >= 4 is 23.4 Å². The summed E-state index contributed by atoms with van der Waals surface area (Å²) in [6.45, 7) is 3.79. The zero-order valence-corrected chi connectivity index (χ0v) is 15.1. The molecule has 0 radical (unpaired) electrons. The summed E-state index contributed by atoms with van der Waals surface area (Å²) < 4.78 is 4.72. The molecule has 1 aromatic carbocycles. The Labute approximate surface area is 153 Å². The van der Waals surface area contributed by atoms with E-state index in [9.17, 15) is 9.59 Å². The molecule has 1 fully saturated rings. The highest BCUT2D eigenvalue weighted by molar-refractivity contribution is 5.94. The summed E-state index contributed by atoms with van der Waals surface area (Å²) in [5.74, 6) is 0.792. The maximum Gasteiger partial charge on any atom is 0.337 e. The Balaban J connectivity index is 1.68. The van der Waals surface area contributed by atoms with Gasteiger partial charge in [-0.25, -0.2) is 9.78 Å². The summed E-state index contributed by atoms with van der Waals surface area (Å²) in [6, 6.07) is 10.5. The highest BCUT2D eigenvalue weighted by Crippen LogP contribution is 2.20. The summed E-state index contributed by atoms with van der Waals surface area (Å²) >= 11 is 0. The number of anilines is 2. The molecule has 1 aliphatic heterocycles. The standard InChI is InChI=1S/C20H23N3O3/c1-14-5-4-10-23(13-14)19(24)16-8-9-18(21-12-16)22-17-7-3-6-15(11-17)20(25)26-2/h3,6-9,11-12,14H,4-5,10,13H2,1-2H3,(H,21,22). The first kappa shape index (κ1) is 17.9. The number of carbonyl (C=O) groups is 2. The molecule has 1 amide bonds. The third-order valence-corrected chi connectivity index (χ3v) is 4.51. The maximum absolute atomic E-state index is 12.6. The highest BCUT2D eigenvalue weighted by atomic mass is 16.5. The molecule has 26 heavy (non-hydrogen) atoms. The van der Waals surface area contributed by atoms with Gasteiger partial charge in [0.1, 0.15) is 5.82 Å². The number of nitrogens with one attached hydrogen (secondary N) is 1. The molecule has 1 N–H and O–H groups in total. The Morgan fingerprint density at radius 3 is 2.77 bits per heavy atom. The highest BCUT2D eigenvalue weighted by Gasteiger charge is 2.22. The zero-order chi connectivity index (χ0) is 18.5. The van der Waals surface area contributed by atoms with E-state index in [0.717, 1.165) is 25.2 Å². The first-order valence-corrected chi connectivity index (χ1v) is 8.77. The first-order chi connectivity index (χ1) is 12.6. The van der Waals surface area contributed by atoms with Gasteiger partial charge in [-0.2, -0.15) is 0 Å². The van der Waals surface area contributed by atoms with Crippen molar-refractivity contribution in [2.45, 2.75) is 19.8 Å². The molecule has 1 unspecified atom stereocenters. The Hall–Kier alpha value is -2.89. The van der Waals surface area contributed by atoms with Crippen LogP contribution in [-0.4, -0.2) is 42.0 Å². The molecule has 6 nitrogen and oxygen atoms in total. The number of likely N-dealkylation sites (tertiary alicyclic amines) is 1. The van der Waals surface area contributed by atoms with Crippen LogP contribution in [-0.2, 0) is 4.74 Å². The van der Waals surface area contributed by atoms with Crippen LogP contribution in [0.5, 0.6) is 0 Å². The molecule has 0 spiro atoms. The number of aromatic nitrogens is 1. The van der Waals surface area contributed by atoms with Crippen molar-refractivity contribution in [1.82, 2.24) is 9.88 Å². The molecule has 2 heterocycles. The van der Waals surface area contributed by atoms with Gasteiger partial charge in [0.2, 0.25) is 0 Å². The van der Waals surface area contributed by atoms with Gasteiger partial charge in [0, 0.05) is 25.0 Å². The number of benzene rings is 1. The number of rotatable bonds is 4. The number of hydrogen-bond donors (Lipinski definition) is 1. The molecular weight excluding hydrogens is 330 g/mol. The van der Waals surface area contributed by atoms with Gasteiger partial charge in [-0.15, -0.1) is 0 Å². The molecule has 1 aromatic heterocycles. The molecule has 136 valence electrons. The van der Waals surface area contributed by atoms with Crippen LogP contribution in [0.1, 0.15) is 40.5 Å². The number of pyridine rings is 1. The van der Waals surface area contributed by atoms with Gasteiger partial charge in [0.05, 0.1) is 18.2 Å². The summed E-state index contributed by atoms with van der Waals surface area (Å²) in [5.41, 5.74) is 1.78. The van der Waals surface area contributed by atoms with Crippen LogP contribution in [0, 0.1) is 5.92 Å². The van der Waals surface area contributed by atoms with Crippen LogP contribution >= 0.6 is 0 Å². The second kappa shape index (κ2) is 7.99. The average Bonchev–Trinajstić information content (AvgIpc) is 2.67. The van der Waals surface area contributed by atoms with E-state index in [1.54, 1.807) is 36.5 Å². The Kier molecular flexibility index (Phi) is 5.51. The quantitative estimate of drug-likeness (QED) is 0.852. The first-order valence-electron chi connectivity index (χ1n) is 8.77. The second-order valence-electron chi connectivity index (χ2n) is 6.63. The maximum atomic E-state index is 12.6. The molecule has 3 rings (SSSR count). The molecule has 1 saturated heterocycles. The fraction of sp³-hybridized carbons (Fsp3) is 0.350. The van der Waals surface area contributed by atoms with Gasteiger partial charge in [-0.3, -0.25) is 4.79 Å². The van der Waals surface area contributed by atoms with Crippen LogP contribution in [0.2, 0.25) is 0 Å². The van der Waals surface area contributed by atoms with Crippen molar-refractivity contribution in [3.05, 3.63) is 53.7 Å². The van der Waals surface area contributed by atoms with Crippen molar-refractivity contribution in [1.29, 1.82) is 0 Å². The molecular formula is C20H23N3O3. The van der Waals surface area contributed by atoms with Crippen molar-refractivity contribution < 1.29 is 14.3 Å². The number of amides is 1. The number of hydrogen-bond acceptors (Lipinski definition) is 5. The summed E-state index contributed by atoms with van der Waals surface area (Å²) in [5, 5.41) is 3.13. The van der Waals surface area contributed by atoms with E-state index >= 15 is 0 Å². The molecule has 0 bridgehead atoms. The van der Waals surface area contributed by atoms with Crippen LogP contribution in [0.3, 0.4) is 0 Å². The monoisotopic (exact) mass is 353 g/mol. The predicted octanol–water partition coefficient (Wildman–Crippen LogP) is 3.48. The normalized spacial score (nSPS) is 16.8. The zero-order valence-electron chi connectivity index (χ0n) is 15.1. The van der Waals surface area contributed by atoms with Gasteiger partial charge in [-0.05, 0) is 49.1 Å². The second-order valence-corrected chi connectivity index (χ2v) is 6.63. The number of methoxy groups -OCH3 is 1. The number of carbonyl (C=O) groups excluding carboxylic acids is 2. The van der Waals surface area contributed by atoms with E-state index in [4.69, 9.17) is 4.74 Å². The largest absolute Gasteiger partial charge is 0.465 e. The molecule has 2 aromatic rings. The fourth-order valence-electron chi connectivity index (χ4n) is 3.14. The summed E-state index contributed by atoms with van der Waals surface area (Å²) in [4.78, 5) is 30.4. The minimum Gasteiger partial charge on any atom is -0.465 e. The minimum atomic E-state index is -0.390. The van der Waals surface area contributed by atoms with Crippen LogP contribution < -0.4 is 5.32 Å². The lowest BCUT2D eigenvalue weighted by atomic mass is 10.00. The summed E-state index contributed by atoms with van der Waals surface area (Å²) in [6.07, 6.45) is 3.82. The lowest BCUT2D eigenvalue weighted by Gasteiger charge is -2.30. The Morgan fingerprint density at radius 2 is 2.08 bits per heavy atom. The van der Waals surface area contributed by atoms with Crippen LogP contribution in [0.25, 0.3) is 0 Å². The lowest BCUT2D eigenvalue weighted by Crippen LogP contribution is -2.39. The third-order valence-electron chi connectivity index (χ3n) is 4.51. The Bertz CT molecular complexity index is 789. The van der Waals surface area contributed by atoms with E-state index in [2.05, 4.69) is 17.2 Å². The smallest absolute Gasteiger partial charge is 0.337 e. The molecule has 1 aliphatic rings. The number of ether oxygens (including phenoxy) is 1. The number of nitrogens with zero attached hydrogens (tertiary/aromatic N) is 2. The van der Waals surface area contributed by atoms with E-state index in [1.165, 1.54) is 13.5 Å². The predicted molar refractivity (Wildman–Crippen MR) is 99.6 cm³/mol. The Morgan fingerprint density at radius 1 is 1.23 bits per heavy atom.